The second kappa shape index (κ2) is 9.39. The maximum absolute atomic E-state index is 13.6. The third-order valence-electron chi connectivity index (χ3n) is 4.90. The number of anilines is 1. The maximum atomic E-state index is 13.6. The summed E-state index contributed by atoms with van der Waals surface area (Å²) in [6.45, 7) is 6.78. The van der Waals surface area contributed by atoms with Crippen LogP contribution in [0.1, 0.15) is 39.5 Å². The minimum Gasteiger partial charge on any atom is -0.343 e. The number of nitrogens with zero attached hydrogens (tertiary/aromatic N) is 2. The average molecular weight is 349 g/mol. The van der Waals surface area contributed by atoms with Crippen LogP contribution in [0.3, 0.4) is 0 Å². The number of nitrogens with one attached hydrogen (secondary N) is 1. The van der Waals surface area contributed by atoms with Gasteiger partial charge in [-0.1, -0.05) is 12.1 Å². The highest BCUT2D eigenvalue weighted by molar-refractivity contribution is 5.89. The molecule has 138 valence electrons. The Kier molecular flexibility index (Phi) is 7.22. The standard InChI is InChI=1S/C19H28FN3O2/c1-3-22(4-2)18(24)10-9-15-11-13-23(14-12-15)19(25)21-17-8-6-5-7-16(17)20/h5-8,15H,3-4,9-14H2,1-2H3,(H,21,25). The quantitative estimate of drug-likeness (QED) is 0.851. The van der Waals surface area contributed by atoms with E-state index in [-0.39, 0.29) is 17.6 Å². The van der Waals surface area contributed by atoms with Crippen molar-refractivity contribution in [1.29, 1.82) is 0 Å². The van der Waals surface area contributed by atoms with Crippen LogP contribution in [0, 0.1) is 11.7 Å². The fourth-order valence-electron chi connectivity index (χ4n) is 3.24. The Morgan fingerprint density at radius 1 is 1.20 bits per heavy atom. The number of para-hydroxylation sites is 1. The van der Waals surface area contributed by atoms with Gasteiger partial charge in [-0.25, -0.2) is 9.18 Å². The molecule has 0 aromatic heterocycles. The van der Waals surface area contributed by atoms with E-state index in [1.165, 1.54) is 6.07 Å². The lowest BCUT2D eigenvalue weighted by Crippen LogP contribution is -2.41. The molecule has 6 heteroatoms. The number of likely N-dealkylation sites (tertiary alicyclic amines) is 1. The van der Waals surface area contributed by atoms with Crippen molar-refractivity contribution in [2.75, 3.05) is 31.5 Å². The van der Waals surface area contributed by atoms with Gasteiger partial charge in [0.25, 0.3) is 0 Å². The second-order valence-corrected chi connectivity index (χ2v) is 6.45. The van der Waals surface area contributed by atoms with Crippen molar-refractivity contribution in [3.05, 3.63) is 30.1 Å². The van der Waals surface area contributed by atoms with E-state index in [1.807, 2.05) is 18.7 Å². The zero-order valence-electron chi connectivity index (χ0n) is 15.1. The van der Waals surface area contributed by atoms with Gasteiger partial charge in [0, 0.05) is 32.6 Å². The van der Waals surface area contributed by atoms with Crippen LogP contribution in [0.25, 0.3) is 0 Å². The Bertz CT molecular complexity index is 582. The lowest BCUT2D eigenvalue weighted by molar-refractivity contribution is -0.131. The molecule has 5 nitrogen and oxygen atoms in total. The maximum Gasteiger partial charge on any atom is 0.321 e. The largest absolute Gasteiger partial charge is 0.343 e. The monoisotopic (exact) mass is 349 g/mol. The van der Waals surface area contributed by atoms with E-state index >= 15 is 0 Å². The van der Waals surface area contributed by atoms with Gasteiger partial charge in [-0.2, -0.15) is 0 Å². The van der Waals surface area contributed by atoms with Gasteiger partial charge in [-0.15, -0.1) is 0 Å². The van der Waals surface area contributed by atoms with Gasteiger partial charge in [-0.05, 0) is 51.2 Å². The van der Waals surface area contributed by atoms with Gasteiger partial charge in [0.1, 0.15) is 5.82 Å². The normalized spacial score (nSPS) is 15.1. The van der Waals surface area contributed by atoms with Crippen molar-refractivity contribution >= 4 is 17.6 Å². The number of halogens is 1. The van der Waals surface area contributed by atoms with Crippen molar-refractivity contribution in [3.8, 4) is 0 Å². The molecule has 1 saturated heterocycles. The third-order valence-corrected chi connectivity index (χ3v) is 4.90. The van der Waals surface area contributed by atoms with E-state index in [0.29, 0.717) is 25.4 Å². The predicted molar refractivity (Wildman–Crippen MR) is 96.9 cm³/mol. The SMILES string of the molecule is CCN(CC)C(=O)CCC1CCN(C(=O)Nc2ccccc2F)CC1. The van der Waals surface area contributed by atoms with E-state index in [1.54, 1.807) is 23.1 Å². The molecule has 1 heterocycles. The average Bonchev–Trinajstić information content (AvgIpc) is 2.63. The van der Waals surface area contributed by atoms with Gasteiger partial charge in [0.05, 0.1) is 5.69 Å². The highest BCUT2D eigenvalue weighted by Crippen LogP contribution is 2.23. The zero-order valence-corrected chi connectivity index (χ0v) is 15.1. The minimum absolute atomic E-state index is 0.208. The number of urea groups is 1. The minimum atomic E-state index is -0.430. The van der Waals surface area contributed by atoms with Crippen molar-refractivity contribution in [1.82, 2.24) is 9.80 Å². The molecule has 1 aliphatic rings. The summed E-state index contributed by atoms with van der Waals surface area (Å²) in [5.74, 6) is 0.252. The number of amides is 3. The first kappa shape index (κ1) is 19.2. The van der Waals surface area contributed by atoms with Gasteiger partial charge >= 0.3 is 6.03 Å². The summed E-state index contributed by atoms with van der Waals surface area (Å²) in [5, 5.41) is 2.63. The summed E-state index contributed by atoms with van der Waals surface area (Å²) in [4.78, 5) is 27.9. The van der Waals surface area contributed by atoms with E-state index in [4.69, 9.17) is 0 Å². The number of hydrogen-bond donors (Lipinski definition) is 1. The van der Waals surface area contributed by atoms with Crippen molar-refractivity contribution < 1.29 is 14.0 Å². The van der Waals surface area contributed by atoms with Crippen LogP contribution in [0.2, 0.25) is 0 Å². The summed E-state index contributed by atoms with van der Waals surface area (Å²) < 4.78 is 13.6. The summed E-state index contributed by atoms with van der Waals surface area (Å²) in [6.07, 6.45) is 3.22. The molecule has 1 aromatic carbocycles. The van der Waals surface area contributed by atoms with Crippen LogP contribution >= 0.6 is 0 Å². The Morgan fingerprint density at radius 3 is 2.44 bits per heavy atom. The molecular weight excluding hydrogens is 321 g/mol. The molecule has 1 fully saturated rings. The van der Waals surface area contributed by atoms with Crippen LogP contribution in [0.5, 0.6) is 0 Å². The highest BCUT2D eigenvalue weighted by atomic mass is 19.1. The summed E-state index contributed by atoms with van der Waals surface area (Å²) in [7, 11) is 0. The first-order valence-corrected chi connectivity index (χ1v) is 9.13. The predicted octanol–water partition coefficient (Wildman–Crippen LogP) is 3.72. The molecule has 1 N–H and O–H groups in total. The van der Waals surface area contributed by atoms with E-state index in [2.05, 4.69) is 5.32 Å². The number of benzene rings is 1. The van der Waals surface area contributed by atoms with Gasteiger partial charge < -0.3 is 15.1 Å². The number of carbonyl (C=O) groups excluding carboxylic acids is 2. The van der Waals surface area contributed by atoms with E-state index in [0.717, 1.165) is 32.4 Å². The van der Waals surface area contributed by atoms with Crippen LogP contribution in [0.15, 0.2) is 24.3 Å². The molecule has 0 saturated carbocycles. The van der Waals surface area contributed by atoms with Crippen LogP contribution < -0.4 is 5.32 Å². The lowest BCUT2D eigenvalue weighted by atomic mass is 9.92. The summed E-state index contributed by atoms with van der Waals surface area (Å²) >= 11 is 0. The Hall–Kier alpha value is -2.11. The topological polar surface area (TPSA) is 52.7 Å². The molecule has 0 atom stereocenters. The van der Waals surface area contributed by atoms with Crippen molar-refractivity contribution in [2.24, 2.45) is 5.92 Å². The molecule has 1 aromatic rings. The fourth-order valence-corrected chi connectivity index (χ4v) is 3.24. The molecule has 25 heavy (non-hydrogen) atoms. The third kappa shape index (κ3) is 5.44. The van der Waals surface area contributed by atoms with Gasteiger partial charge in [-0.3, -0.25) is 4.79 Å². The van der Waals surface area contributed by atoms with Crippen LogP contribution in [-0.4, -0.2) is 47.9 Å². The van der Waals surface area contributed by atoms with E-state index in [9.17, 15) is 14.0 Å². The molecule has 0 radical (unpaired) electrons. The Labute approximate surface area is 149 Å². The Morgan fingerprint density at radius 2 is 1.84 bits per heavy atom. The molecule has 0 aliphatic carbocycles. The first-order valence-electron chi connectivity index (χ1n) is 9.13. The van der Waals surface area contributed by atoms with Gasteiger partial charge in [0.2, 0.25) is 5.91 Å². The zero-order chi connectivity index (χ0) is 18.2. The van der Waals surface area contributed by atoms with Crippen LogP contribution in [-0.2, 0) is 4.79 Å². The number of piperidine rings is 1. The number of carbonyl (C=O) groups is 2. The second-order valence-electron chi connectivity index (χ2n) is 6.45. The number of rotatable bonds is 6. The summed E-state index contributed by atoms with van der Waals surface area (Å²) in [6, 6.07) is 5.91. The van der Waals surface area contributed by atoms with Crippen molar-refractivity contribution in [2.45, 2.75) is 39.5 Å². The molecule has 2 rings (SSSR count). The molecular formula is C19H28FN3O2. The molecule has 3 amide bonds. The Balaban J connectivity index is 1.75. The summed E-state index contributed by atoms with van der Waals surface area (Å²) in [5.41, 5.74) is 0.208. The molecule has 1 aliphatic heterocycles. The molecule has 0 bridgehead atoms. The smallest absolute Gasteiger partial charge is 0.321 e. The first-order chi connectivity index (χ1) is 12.0. The highest BCUT2D eigenvalue weighted by Gasteiger charge is 2.24. The molecule has 0 unspecified atom stereocenters. The molecule has 0 spiro atoms. The van der Waals surface area contributed by atoms with Gasteiger partial charge in [0.15, 0.2) is 0 Å². The van der Waals surface area contributed by atoms with Crippen LogP contribution in [0.4, 0.5) is 14.9 Å². The fraction of sp³-hybridized carbons (Fsp3) is 0.579. The van der Waals surface area contributed by atoms with Crippen molar-refractivity contribution in [3.63, 3.8) is 0 Å². The van der Waals surface area contributed by atoms with E-state index < -0.39 is 5.82 Å². The number of hydrogen-bond acceptors (Lipinski definition) is 2. The lowest BCUT2D eigenvalue weighted by Gasteiger charge is -2.32.